The highest BCUT2D eigenvalue weighted by Crippen LogP contribution is 2.29. The van der Waals surface area contributed by atoms with Crippen molar-refractivity contribution in [1.82, 2.24) is 9.97 Å². The summed E-state index contributed by atoms with van der Waals surface area (Å²) < 4.78 is 6.10. The lowest BCUT2D eigenvalue weighted by atomic mass is 10.1. The summed E-state index contributed by atoms with van der Waals surface area (Å²) in [6.45, 7) is 2.01. The number of ether oxygens (including phenoxy) is 1. The fourth-order valence-electron chi connectivity index (χ4n) is 1.77. The third-order valence-electron chi connectivity index (χ3n) is 2.75. The highest BCUT2D eigenvalue weighted by atomic mass is 79.9. The van der Waals surface area contributed by atoms with Crippen LogP contribution in [0, 0.1) is 0 Å². The standard InChI is InChI=1S/C13H14BrClN4O/c1-7(8-3-4-10(20-2)9(14)5-8)17-12-6-11(15)18-13(16)19-12/h3-7H,1-2H3,(H3,16,17,18,19). The van der Waals surface area contributed by atoms with Crippen molar-refractivity contribution in [1.29, 1.82) is 0 Å². The summed E-state index contributed by atoms with van der Waals surface area (Å²) in [5, 5.41) is 3.54. The van der Waals surface area contributed by atoms with Gasteiger partial charge in [0.2, 0.25) is 5.95 Å². The van der Waals surface area contributed by atoms with Crippen molar-refractivity contribution in [3.63, 3.8) is 0 Å². The highest BCUT2D eigenvalue weighted by molar-refractivity contribution is 9.10. The molecule has 0 aliphatic heterocycles. The van der Waals surface area contributed by atoms with Crippen LogP contribution in [0.1, 0.15) is 18.5 Å². The second kappa shape index (κ2) is 6.28. The maximum absolute atomic E-state index is 5.85. The van der Waals surface area contributed by atoms with Crippen LogP contribution in [-0.4, -0.2) is 17.1 Å². The van der Waals surface area contributed by atoms with Crippen LogP contribution >= 0.6 is 27.5 Å². The van der Waals surface area contributed by atoms with Gasteiger partial charge < -0.3 is 15.8 Å². The lowest BCUT2D eigenvalue weighted by Gasteiger charge is -2.16. The van der Waals surface area contributed by atoms with Gasteiger partial charge in [-0.25, -0.2) is 4.98 Å². The van der Waals surface area contributed by atoms with Crippen LogP contribution in [-0.2, 0) is 0 Å². The van der Waals surface area contributed by atoms with Crippen LogP contribution in [0.3, 0.4) is 0 Å². The van der Waals surface area contributed by atoms with E-state index in [1.165, 1.54) is 0 Å². The molecule has 20 heavy (non-hydrogen) atoms. The molecule has 0 saturated carbocycles. The summed E-state index contributed by atoms with van der Waals surface area (Å²) in [4.78, 5) is 7.91. The Morgan fingerprint density at radius 1 is 1.35 bits per heavy atom. The number of aromatic nitrogens is 2. The molecule has 0 radical (unpaired) electrons. The molecule has 0 spiro atoms. The Hall–Kier alpha value is -1.53. The zero-order valence-corrected chi connectivity index (χ0v) is 13.4. The maximum Gasteiger partial charge on any atom is 0.223 e. The average Bonchev–Trinajstić information content (AvgIpc) is 2.37. The van der Waals surface area contributed by atoms with E-state index in [0.29, 0.717) is 11.0 Å². The SMILES string of the molecule is COc1ccc(C(C)Nc2cc(Cl)nc(N)n2)cc1Br. The zero-order valence-electron chi connectivity index (χ0n) is 11.0. The molecule has 0 aliphatic carbocycles. The van der Waals surface area contributed by atoms with E-state index >= 15 is 0 Å². The molecule has 106 valence electrons. The maximum atomic E-state index is 5.85. The molecule has 0 amide bonds. The Morgan fingerprint density at radius 2 is 2.10 bits per heavy atom. The number of rotatable bonds is 4. The van der Waals surface area contributed by atoms with Crippen LogP contribution in [0.25, 0.3) is 0 Å². The molecule has 0 bridgehead atoms. The summed E-state index contributed by atoms with van der Waals surface area (Å²) in [6, 6.07) is 7.53. The second-order valence-corrected chi connectivity index (χ2v) is 5.44. The van der Waals surface area contributed by atoms with E-state index in [2.05, 4.69) is 31.2 Å². The van der Waals surface area contributed by atoms with Crippen LogP contribution in [0.4, 0.5) is 11.8 Å². The van der Waals surface area contributed by atoms with Gasteiger partial charge in [-0.15, -0.1) is 0 Å². The highest BCUT2D eigenvalue weighted by Gasteiger charge is 2.10. The van der Waals surface area contributed by atoms with E-state index in [4.69, 9.17) is 22.1 Å². The Kier molecular flexibility index (Phi) is 4.67. The van der Waals surface area contributed by atoms with E-state index in [1.54, 1.807) is 13.2 Å². The summed E-state index contributed by atoms with van der Waals surface area (Å²) in [5.41, 5.74) is 6.64. The van der Waals surface area contributed by atoms with Gasteiger partial charge in [-0.1, -0.05) is 17.7 Å². The Labute approximate surface area is 130 Å². The molecule has 1 aromatic heterocycles. The van der Waals surface area contributed by atoms with Gasteiger partial charge in [0.25, 0.3) is 0 Å². The van der Waals surface area contributed by atoms with Crippen molar-refractivity contribution < 1.29 is 4.74 Å². The lowest BCUT2D eigenvalue weighted by molar-refractivity contribution is 0.412. The van der Waals surface area contributed by atoms with Gasteiger partial charge >= 0.3 is 0 Å². The van der Waals surface area contributed by atoms with Crippen molar-refractivity contribution in [3.8, 4) is 5.75 Å². The number of nitrogens with one attached hydrogen (secondary N) is 1. The first kappa shape index (κ1) is 14.9. The fraction of sp³-hybridized carbons (Fsp3) is 0.231. The van der Waals surface area contributed by atoms with E-state index in [-0.39, 0.29) is 12.0 Å². The van der Waals surface area contributed by atoms with Crippen molar-refractivity contribution in [3.05, 3.63) is 39.5 Å². The minimum absolute atomic E-state index is 0.0302. The van der Waals surface area contributed by atoms with Gasteiger partial charge in [0.15, 0.2) is 0 Å². The molecule has 2 rings (SSSR count). The van der Waals surface area contributed by atoms with Crippen LogP contribution in [0.5, 0.6) is 5.75 Å². The molecule has 1 aromatic carbocycles. The lowest BCUT2D eigenvalue weighted by Crippen LogP contribution is -2.09. The fourth-order valence-corrected chi connectivity index (χ4v) is 2.51. The zero-order chi connectivity index (χ0) is 14.7. The first-order valence-corrected chi connectivity index (χ1v) is 7.06. The molecule has 5 nitrogen and oxygen atoms in total. The van der Waals surface area contributed by atoms with E-state index in [0.717, 1.165) is 15.8 Å². The van der Waals surface area contributed by atoms with Crippen molar-refractivity contribution in [2.75, 3.05) is 18.2 Å². The molecule has 1 unspecified atom stereocenters. The quantitative estimate of drug-likeness (QED) is 0.817. The predicted molar refractivity (Wildman–Crippen MR) is 84.2 cm³/mol. The summed E-state index contributed by atoms with van der Waals surface area (Å²) in [5.74, 6) is 1.51. The first-order valence-electron chi connectivity index (χ1n) is 5.89. The number of nitrogens with two attached hydrogens (primary N) is 1. The first-order chi connectivity index (χ1) is 9.49. The van der Waals surface area contributed by atoms with E-state index in [9.17, 15) is 0 Å². The largest absolute Gasteiger partial charge is 0.496 e. The predicted octanol–water partition coefficient (Wildman–Crippen LogP) is 3.66. The number of nitrogens with zero attached hydrogens (tertiary/aromatic N) is 2. The summed E-state index contributed by atoms with van der Waals surface area (Å²) in [7, 11) is 1.63. The average molecular weight is 358 g/mol. The molecule has 0 fully saturated rings. The molecule has 0 saturated heterocycles. The molecule has 1 atom stereocenters. The molecule has 3 N–H and O–H groups in total. The molecule has 7 heteroatoms. The number of nitrogen functional groups attached to an aromatic ring is 1. The number of hydrogen-bond donors (Lipinski definition) is 2. The smallest absolute Gasteiger partial charge is 0.223 e. The number of halogens is 2. The molecular formula is C13H14BrClN4O. The topological polar surface area (TPSA) is 73.1 Å². The summed E-state index contributed by atoms with van der Waals surface area (Å²) in [6.07, 6.45) is 0. The molecule has 2 aromatic rings. The van der Waals surface area contributed by atoms with Gasteiger partial charge in [-0.2, -0.15) is 4.98 Å². The second-order valence-electron chi connectivity index (χ2n) is 4.19. The molecular weight excluding hydrogens is 344 g/mol. The Balaban J connectivity index is 2.19. The van der Waals surface area contributed by atoms with Crippen molar-refractivity contribution in [2.45, 2.75) is 13.0 Å². The van der Waals surface area contributed by atoms with Crippen molar-refractivity contribution >= 4 is 39.3 Å². The number of methoxy groups -OCH3 is 1. The van der Waals surface area contributed by atoms with E-state index in [1.807, 2.05) is 25.1 Å². The summed E-state index contributed by atoms with van der Waals surface area (Å²) >= 11 is 9.31. The van der Waals surface area contributed by atoms with Crippen LogP contribution in [0.15, 0.2) is 28.7 Å². The number of anilines is 2. The van der Waals surface area contributed by atoms with Gasteiger partial charge in [0, 0.05) is 12.1 Å². The van der Waals surface area contributed by atoms with Gasteiger partial charge in [-0.3, -0.25) is 0 Å². The Bertz CT molecular complexity index is 603. The normalized spacial score (nSPS) is 12.0. The minimum atomic E-state index is 0.0302. The third kappa shape index (κ3) is 3.52. The number of benzene rings is 1. The molecule has 0 aliphatic rings. The third-order valence-corrected chi connectivity index (χ3v) is 3.57. The van der Waals surface area contributed by atoms with Gasteiger partial charge in [-0.05, 0) is 40.5 Å². The molecule has 1 heterocycles. The van der Waals surface area contributed by atoms with Gasteiger partial charge in [0.1, 0.15) is 16.7 Å². The van der Waals surface area contributed by atoms with Crippen LogP contribution in [0.2, 0.25) is 5.15 Å². The van der Waals surface area contributed by atoms with Crippen LogP contribution < -0.4 is 15.8 Å². The van der Waals surface area contributed by atoms with E-state index < -0.39 is 0 Å². The monoisotopic (exact) mass is 356 g/mol. The number of hydrogen-bond acceptors (Lipinski definition) is 5. The minimum Gasteiger partial charge on any atom is -0.496 e. The Morgan fingerprint density at radius 3 is 2.70 bits per heavy atom. The van der Waals surface area contributed by atoms with Crippen molar-refractivity contribution in [2.24, 2.45) is 0 Å². The van der Waals surface area contributed by atoms with Gasteiger partial charge in [0.05, 0.1) is 11.6 Å².